The van der Waals surface area contributed by atoms with Gasteiger partial charge < -0.3 is 9.42 Å². The number of rotatable bonds is 10. The Bertz CT molecular complexity index is 1400. The molecule has 0 N–H and O–H groups in total. The molecular weight excluding hydrogens is 492 g/mol. The molecule has 2 fully saturated rings. The molecule has 198 valence electrons. The molecule has 0 aliphatic heterocycles. The second kappa shape index (κ2) is 11.4. The summed E-state index contributed by atoms with van der Waals surface area (Å²) in [5, 5.41) is 5.21. The first-order chi connectivity index (χ1) is 18.6. The third kappa shape index (κ3) is 5.83. The minimum atomic E-state index is 0.142. The van der Waals surface area contributed by atoms with Gasteiger partial charge in [-0.2, -0.15) is 4.98 Å². The first-order valence-corrected chi connectivity index (χ1v) is 15.1. The van der Waals surface area contributed by atoms with Gasteiger partial charge in [-0.25, -0.2) is 4.98 Å². The fourth-order valence-electron chi connectivity index (χ4n) is 5.61. The molecule has 0 radical (unpaired) electrons. The summed E-state index contributed by atoms with van der Waals surface area (Å²) in [5.74, 6) is 2.59. The number of benzene rings is 2. The molecule has 0 spiro atoms. The van der Waals surface area contributed by atoms with Crippen LogP contribution in [0.2, 0.25) is 0 Å². The third-order valence-corrected chi connectivity index (χ3v) is 8.84. The SMILES string of the molecule is Cc1nc2ccc(-c3cccc(N(CCCCCc4nc(C5CC5)no4)C(=O)C4CCCCC4)c3)cc2s1. The van der Waals surface area contributed by atoms with Crippen molar-refractivity contribution in [3.05, 3.63) is 59.2 Å². The Labute approximate surface area is 228 Å². The number of aryl methyl sites for hydroxylation is 2. The largest absolute Gasteiger partial charge is 0.339 e. The molecule has 6 rings (SSSR count). The molecule has 4 aromatic rings. The average molecular weight is 529 g/mol. The predicted octanol–water partition coefficient (Wildman–Crippen LogP) is 7.86. The first-order valence-electron chi connectivity index (χ1n) is 14.3. The number of fused-ring (bicyclic) bond motifs is 1. The third-order valence-electron chi connectivity index (χ3n) is 7.91. The van der Waals surface area contributed by atoms with E-state index in [0.717, 1.165) is 97.0 Å². The monoisotopic (exact) mass is 528 g/mol. The van der Waals surface area contributed by atoms with E-state index in [0.29, 0.717) is 11.8 Å². The average Bonchev–Trinajstić information content (AvgIpc) is 3.57. The van der Waals surface area contributed by atoms with Gasteiger partial charge in [-0.05, 0) is 80.8 Å². The lowest BCUT2D eigenvalue weighted by atomic mass is 9.88. The zero-order valence-corrected chi connectivity index (χ0v) is 23.0. The van der Waals surface area contributed by atoms with Crippen LogP contribution in [0.3, 0.4) is 0 Å². The Hall–Kier alpha value is -3.06. The minimum Gasteiger partial charge on any atom is -0.339 e. The number of carbonyl (C=O) groups is 1. The van der Waals surface area contributed by atoms with Crippen molar-refractivity contribution in [1.29, 1.82) is 0 Å². The molecule has 0 bridgehead atoms. The summed E-state index contributed by atoms with van der Waals surface area (Å²) in [5.41, 5.74) is 4.35. The number of nitrogens with zero attached hydrogens (tertiary/aromatic N) is 4. The molecule has 7 heteroatoms. The molecule has 2 aliphatic rings. The molecule has 0 unspecified atom stereocenters. The van der Waals surface area contributed by atoms with Crippen molar-refractivity contribution in [2.24, 2.45) is 5.92 Å². The summed E-state index contributed by atoms with van der Waals surface area (Å²) in [7, 11) is 0. The normalized spacial score (nSPS) is 16.2. The lowest BCUT2D eigenvalue weighted by molar-refractivity contribution is -0.123. The van der Waals surface area contributed by atoms with Crippen molar-refractivity contribution in [3.63, 3.8) is 0 Å². The second-order valence-electron chi connectivity index (χ2n) is 10.9. The summed E-state index contributed by atoms with van der Waals surface area (Å²) in [6.45, 7) is 2.79. The molecule has 2 heterocycles. The van der Waals surface area contributed by atoms with Gasteiger partial charge in [0.15, 0.2) is 5.82 Å². The second-order valence-corrected chi connectivity index (χ2v) is 12.2. The molecule has 6 nitrogen and oxygen atoms in total. The van der Waals surface area contributed by atoms with Gasteiger partial charge in [0.05, 0.1) is 15.2 Å². The van der Waals surface area contributed by atoms with Crippen LogP contribution in [0, 0.1) is 12.8 Å². The van der Waals surface area contributed by atoms with Crippen molar-refractivity contribution >= 4 is 33.1 Å². The van der Waals surface area contributed by atoms with Crippen LogP contribution in [0.15, 0.2) is 47.0 Å². The smallest absolute Gasteiger partial charge is 0.230 e. The van der Waals surface area contributed by atoms with E-state index >= 15 is 0 Å². The van der Waals surface area contributed by atoms with Crippen molar-refractivity contribution < 1.29 is 9.32 Å². The van der Waals surface area contributed by atoms with E-state index in [4.69, 9.17) is 4.52 Å². The van der Waals surface area contributed by atoms with Crippen molar-refractivity contribution in [3.8, 4) is 11.1 Å². The van der Waals surface area contributed by atoms with E-state index in [1.54, 1.807) is 11.3 Å². The van der Waals surface area contributed by atoms with Crippen LogP contribution in [-0.2, 0) is 11.2 Å². The molecule has 2 aromatic carbocycles. The number of hydrogen-bond acceptors (Lipinski definition) is 6. The highest BCUT2D eigenvalue weighted by Crippen LogP contribution is 2.38. The lowest BCUT2D eigenvalue weighted by Gasteiger charge is -2.30. The molecule has 38 heavy (non-hydrogen) atoms. The minimum absolute atomic E-state index is 0.142. The number of thiazole rings is 1. The lowest BCUT2D eigenvalue weighted by Crippen LogP contribution is -2.38. The van der Waals surface area contributed by atoms with Crippen LogP contribution < -0.4 is 4.90 Å². The topological polar surface area (TPSA) is 72.1 Å². The van der Waals surface area contributed by atoms with E-state index in [2.05, 4.69) is 62.5 Å². The Kier molecular flexibility index (Phi) is 7.54. The number of aromatic nitrogens is 3. The van der Waals surface area contributed by atoms with Gasteiger partial charge in [0, 0.05) is 30.5 Å². The van der Waals surface area contributed by atoms with E-state index in [9.17, 15) is 4.79 Å². The summed E-state index contributed by atoms with van der Waals surface area (Å²) >= 11 is 1.72. The van der Waals surface area contributed by atoms with Gasteiger partial charge in [-0.1, -0.05) is 49.0 Å². The first kappa shape index (κ1) is 25.2. The Morgan fingerprint density at radius 1 is 0.974 bits per heavy atom. The maximum Gasteiger partial charge on any atom is 0.230 e. The molecule has 1 amide bonds. The zero-order chi connectivity index (χ0) is 25.9. The standard InChI is InChI=1S/C31H36N4O2S/c1-21-32-27-17-16-25(20-28(27)38-21)24-11-8-12-26(19-24)35(31(36)23-9-4-2-5-10-23)18-7-3-6-13-29-33-30(34-37-29)22-14-15-22/h8,11-12,16-17,19-20,22-23H,2-7,9-10,13-15,18H2,1H3. The van der Waals surface area contributed by atoms with Gasteiger partial charge >= 0.3 is 0 Å². The number of unbranched alkanes of at least 4 members (excludes halogenated alkanes) is 2. The van der Waals surface area contributed by atoms with E-state index < -0.39 is 0 Å². The zero-order valence-electron chi connectivity index (χ0n) is 22.2. The van der Waals surface area contributed by atoms with Crippen LogP contribution in [0.25, 0.3) is 21.3 Å². The predicted molar refractivity (Wildman–Crippen MR) is 153 cm³/mol. The maximum absolute atomic E-state index is 13.8. The molecule has 2 saturated carbocycles. The van der Waals surface area contributed by atoms with Crippen molar-refractivity contribution in [2.45, 2.75) is 83.5 Å². The summed E-state index contributed by atoms with van der Waals surface area (Å²) in [6.07, 6.45) is 11.7. The van der Waals surface area contributed by atoms with Crippen molar-refractivity contribution in [2.75, 3.05) is 11.4 Å². The maximum atomic E-state index is 13.8. The van der Waals surface area contributed by atoms with E-state index in [1.807, 2.05) is 6.92 Å². The van der Waals surface area contributed by atoms with Gasteiger partial charge in [0.25, 0.3) is 0 Å². The number of hydrogen-bond donors (Lipinski definition) is 0. The molecule has 0 atom stereocenters. The summed E-state index contributed by atoms with van der Waals surface area (Å²) in [4.78, 5) is 25.0. The van der Waals surface area contributed by atoms with Crippen LogP contribution in [-0.4, -0.2) is 27.6 Å². The van der Waals surface area contributed by atoms with Gasteiger partial charge in [-0.15, -0.1) is 11.3 Å². The van der Waals surface area contributed by atoms with Crippen LogP contribution in [0.5, 0.6) is 0 Å². The molecule has 2 aromatic heterocycles. The molecule has 0 saturated heterocycles. The number of amides is 1. The highest BCUT2D eigenvalue weighted by molar-refractivity contribution is 7.18. The van der Waals surface area contributed by atoms with Gasteiger partial charge in [0.2, 0.25) is 11.8 Å². The van der Waals surface area contributed by atoms with Crippen LogP contribution >= 0.6 is 11.3 Å². The molecule has 2 aliphatic carbocycles. The fraction of sp³-hybridized carbons (Fsp3) is 0.484. The quantitative estimate of drug-likeness (QED) is 0.196. The van der Waals surface area contributed by atoms with Crippen molar-refractivity contribution in [1.82, 2.24) is 15.1 Å². The van der Waals surface area contributed by atoms with E-state index in [-0.39, 0.29) is 5.92 Å². The van der Waals surface area contributed by atoms with E-state index in [1.165, 1.54) is 24.0 Å². The highest BCUT2D eigenvalue weighted by atomic mass is 32.1. The van der Waals surface area contributed by atoms with Crippen LogP contribution in [0.4, 0.5) is 5.69 Å². The Morgan fingerprint density at radius 3 is 2.66 bits per heavy atom. The van der Waals surface area contributed by atoms with Crippen LogP contribution in [0.1, 0.15) is 86.8 Å². The number of anilines is 1. The Balaban J connectivity index is 1.15. The van der Waals surface area contributed by atoms with Gasteiger partial charge in [-0.3, -0.25) is 4.79 Å². The summed E-state index contributed by atoms with van der Waals surface area (Å²) < 4.78 is 6.63. The molecular formula is C31H36N4O2S. The summed E-state index contributed by atoms with van der Waals surface area (Å²) in [6, 6.07) is 15.0. The fourth-order valence-corrected chi connectivity index (χ4v) is 6.48. The highest BCUT2D eigenvalue weighted by Gasteiger charge is 2.29. The number of carbonyl (C=O) groups excluding carboxylic acids is 1. The Morgan fingerprint density at radius 2 is 1.82 bits per heavy atom. The van der Waals surface area contributed by atoms with Gasteiger partial charge in [0.1, 0.15) is 0 Å².